The minimum absolute atomic E-state index is 0.119. The molecule has 3 nitrogen and oxygen atoms in total. The number of thiocarbonyl (C=S) groups is 1. The molecule has 1 amide bonds. The van der Waals surface area contributed by atoms with E-state index in [-0.39, 0.29) is 16.9 Å². The van der Waals surface area contributed by atoms with Crippen LogP contribution in [0.4, 0.5) is 0 Å². The Morgan fingerprint density at radius 1 is 1.26 bits per heavy atom. The minimum atomic E-state index is -0.550. The summed E-state index contributed by atoms with van der Waals surface area (Å²) in [5.74, 6) is -0.132. The van der Waals surface area contributed by atoms with Gasteiger partial charge in [0, 0.05) is 6.04 Å². The SMILES string of the molecule is CC(C)CC(C)NC(=O)C(C(N)=S)c1ccccc1. The third-order valence-electron chi connectivity index (χ3n) is 2.89. The van der Waals surface area contributed by atoms with Crippen molar-refractivity contribution in [2.75, 3.05) is 0 Å². The van der Waals surface area contributed by atoms with Crippen molar-refractivity contribution in [1.29, 1.82) is 0 Å². The third-order valence-corrected chi connectivity index (χ3v) is 3.13. The first-order valence-corrected chi connectivity index (χ1v) is 6.97. The molecule has 0 heterocycles. The van der Waals surface area contributed by atoms with Gasteiger partial charge in [0.05, 0.1) is 4.99 Å². The summed E-state index contributed by atoms with van der Waals surface area (Å²) in [5.41, 5.74) is 6.55. The highest BCUT2D eigenvalue weighted by Gasteiger charge is 2.24. The molecule has 1 aromatic carbocycles. The van der Waals surface area contributed by atoms with Crippen LogP contribution in [-0.2, 0) is 4.79 Å². The number of carbonyl (C=O) groups is 1. The molecule has 1 rings (SSSR count). The zero-order valence-corrected chi connectivity index (χ0v) is 12.5. The highest BCUT2D eigenvalue weighted by molar-refractivity contribution is 7.80. The second-order valence-corrected chi connectivity index (χ2v) is 5.76. The molecule has 2 atom stereocenters. The first kappa shape index (κ1) is 15.6. The lowest BCUT2D eigenvalue weighted by Crippen LogP contribution is -2.41. The largest absolute Gasteiger partial charge is 0.392 e. The molecular weight excluding hydrogens is 256 g/mol. The highest BCUT2D eigenvalue weighted by atomic mass is 32.1. The Kier molecular flexibility index (Phi) is 5.96. The predicted molar refractivity (Wildman–Crippen MR) is 83.0 cm³/mol. The topological polar surface area (TPSA) is 55.1 Å². The third kappa shape index (κ3) is 4.99. The lowest BCUT2D eigenvalue weighted by Gasteiger charge is -2.21. The summed E-state index contributed by atoms with van der Waals surface area (Å²) in [6.45, 7) is 6.26. The molecule has 0 saturated carbocycles. The van der Waals surface area contributed by atoms with Crippen LogP contribution in [0.25, 0.3) is 0 Å². The van der Waals surface area contributed by atoms with Gasteiger partial charge in [-0.2, -0.15) is 0 Å². The second kappa shape index (κ2) is 7.24. The summed E-state index contributed by atoms with van der Waals surface area (Å²) >= 11 is 5.03. The fourth-order valence-corrected chi connectivity index (χ4v) is 2.43. The zero-order chi connectivity index (χ0) is 14.4. The minimum Gasteiger partial charge on any atom is -0.392 e. The molecular formula is C15H22N2OS. The molecule has 0 fully saturated rings. The number of nitrogens with one attached hydrogen (secondary N) is 1. The quantitative estimate of drug-likeness (QED) is 0.786. The van der Waals surface area contributed by atoms with Gasteiger partial charge < -0.3 is 11.1 Å². The van der Waals surface area contributed by atoms with Crippen molar-refractivity contribution in [2.24, 2.45) is 11.7 Å². The maximum Gasteiger partial charge on any atom is 0.234 e. The van der Waals surface area contributed by atoms with Crippen molar-refractivity contribution in [1.82, 2.24) is 5.32 Å². The van der Waals surface area contributed by atoms with Gasteiger partial charge in [0.2, 0.25) is 5.91 Å². The van der Waals surface area contributed by atoms with Crippen molar-refractivity contribution in [3.05, 3.63) is 35.9 Å². The van der Waals surface area contributed by atoms with E-state index in [1.165, 1.54) is 0 Å². The molecule has 0 saturated heterocycles. The molecule has 0 aliphatic carbocycles. The lowest BCUT2D eigenvalue weighted by atomic mass is 9.97. The summed E-state index contributed by atoms with van der Waals surface area (Å²) in [5, 5.41) is 2.98. The standard InChI is InChI=1S/C15H22N2OS/c1-10(2)9-11(3)17-15(18)13(14(16)19)12-7-5-4-6-8-12/h4-8,10-11,13H,9H2,1-3H3,(H2,16,19)(H,17,18). The normalized spacial score (nSPS) is 13.9. The van der Waals surface area contributed by atoms with Gasteiger partial charge in [-0.05, 0) is 24.8 Å². The van der Waals surface area contributed by atoms with Crippen LogP contribution in [0, 0.1) is 5.92 Å². The fraction of sp³-hybridized carbons (Fsp3) is 0.467. The Labute approximate surface area is 120 Å². The van der Waals surface area contributed by atoms with E-state index in [1.807, 2.05) is 37.3 Å². The van der Waals surface area contributed by atoms with Crippen molar-refractivity contribution in [2.45, 2.75) is 39.2 Å². The van der Waals surface area contributed by atoms with Gasteiger partial charge in [0.15, 0.2) is 0 Å². The highest BCUT2D eigenvalue weighted by Crippen LogP contribution is 2.17. The van der Waals surface area contributed by atoms with E-state index < -0.39 is 5.92 Å². The molecule has 0 aliphatic rings. The van der Waals surface area contributed by atoms with Crippen LogP contribution in [0.1, 0.15) is 38.7 Å². The molecule has 4 heteroatoms. The van der Waals surface area contributed by atoms with Crippen LogP contribution < -0.4 is 11.1 Å². The Morgan fingerprint density at radius 2 is 1.84 bits per heavy atom. The van der Waals surface area contributed by atoms with E-state index in [0.29, 0.717) is 5.92 Å². The van der Waals surface area contributed by atoms with Gasteiger partial charge in [-0.1, -0.05) is 56.4 Å². The molecule has 0 aromatic heterocycles. The number of nitrogens with two attached hydrogens (primary N) is 1. The van der Waals surface area contributed by atoms with E-state index in [2.05, 4.69) is 19.2 Å². The molecule has 0 spiro atoms. The van der Waals surface area contributed by atoms with Crippen molar-refractivity contribution >= 4 is 23.1 Å². The van der Waals surface area contributed by atoms with Crippen LogP contribution >= 0.6 is 12.2 Å². The Morgan fingerprint density at radius 3 is 2.32 bits per heavy atom. The summed E-state index contributed by atoms with van der Waals surface area (Å²) < 4.78 is 0. The van der Waals surface area contributed by atoms with Crippen molar-refractivity contribution in [3.8, 4) is 0 Å². The number of hydrogen-bond donors (Lipinski definition) is 2. The number of hydrogen-bond acceptors (Lipinski definition) is 2. The maximum atomic E-state index is 12.3. The number of amides is 1. The molecule has 104 valence electrons. The van der Waals surface area contributed by atoms with Crippen molar-refractivity contribution in [3.63, 3.8) is 0 Å². The van der Waals surface area contributed by atoms with Crippen LogP contribution in [0.15, 0.2) is 30.3 Å². The zero-order valence-electron chi connectivity index (χ0n) is 11.7. The van der Waals surface area contributed by atoms with Crippen LogP contribution in [0.3, 0.4) is 0 Å². The molecule has 0 radical (unpaired) electrons. The van der Waals surface area contributed by atoms with Crippen molar-refractivity contribution < 1.29 is 4.79 Å². The van der Waals surface area contributed by atoms with E-state index in [1.54, 1.807) is 0 Å². The Bertz CT molecular complexity index is 431. The average molecular weight is 278 g/mol. The smallest absolute Gasteiger partial charge is 0.234 e. The lowest BCUT2D eigenvalue weighted by molar-refractivity contribution is -0.121. The number of benzene rings is 1. The molecule has 1 aromatic rings. The van der Waals surface area contributed by atoms with Crippen LogP contribution in [-0.4, -0.2) is 16.9 Å². The monoisotopic (exact) mass is 278 g/mol. The van der Waals surface area contributed by atoms with Gasteiger partial charge in [-0.25, -0.2) is 0 Å². The summed E-state index contributed by atoms with van der Waals surface area (Å²) in [7, 11) is 0. The molecule has 2 unspecified atom stereocenters. The fourth-order valence-electron chi connectivity index (χ4n) is 2.18. The first-order valence-electron chi connectivity index (χ1n) is 6.56. The van der Waals surface area contributed by atoms with E-state index in [0.717, 1.165) is 12.0 Å². The van der Waals surface area contributed by atoms with Crippen LogP contribution in [0.5, 0.6) is 0 Å². The summed E-state index contributed by atoms with van der Waals surface area (Å²) in [6, 6.07) is 9.52. The van der Waals surface area contributed by atoms with E-state index in [4.69, 9.17) is 18.0 Å². The first-order chi connectivity index (χ1) is 8.91. The van der Waals surface area contributed by atoms with Crippen LogP contribution in [0.2, 0.25) is 0 Å². The summed E-state index contributed by atoms with van der Waals surface area (Å²) in [6.07, 6.45) is 0.935. The van der Waals surface area contributed by atoms with Gasteiger partial charge in [-0.3, -0.25) is 4.79 Å². The van der Waals surface area contributed by atoms with Gasteiger partial charge >= 0.3 is 0 Å². The van der Waals surface area contributed by atoms with Gasteiger partial charge in [0.1, 0.15) is 5.92 Å². The Hall–Kier alpha value is -1.42. The molecule has 19 heavy (non-hydrogen) atoms. The Balaban J connectivity index is 2.78. The second-order valence-electron chi connectivity index (χ2n) is 5.29. The molecule has 0 bridgehead atoms. The van der Waals surface area contributed by atoms with Gasteiger partial charge in [-0.15, -0.1) is 0 Å². The number of carbonyl (C=O) groups excluding carboxylic acids is 1. The average Bonchev–Trinajstić information content (AvgIpc) is 2.28. The predicted octanol–water partition coefficient (Wildman–Crippen LogP) is 2.61. The molecule has 3 N–H and O–H groups in total. The number of rotatable bonds is 6. The summed E-state index contributed by atoms with van der Waals surface area (Å²) in [4.78, 5) is 12.5. The maximum absolute atomic E-state index is 12.3. The van der Waals surface area contributed by atoms with E-state index >= 15 is 0 Å². The molecule has 0 aliphatic heterocycles. The van der Waals surface area contributed by atoms with E-state index in [9.17, 15) is 4.79 Å². The van der Waals surface area contributed by atoms with Gasteiger partial charge in [0.25, 0.3) is 0 Å².